The van der Waals surface area contributed by atoms with Gasteiger partial charge in [-0.1, -0.05) is 24.6 Å². The molecule has 1 fully saturated rings. The van der Waals surface area contributed by atoms with Crippen LogP contribution >= 0.6 is 11.6 Å². The Morgan fingerprint density at radius 1 is 1.02 bits per heavy atom. The Morgan fingerprint density at radius 3 is 2.63 bits per heavy atom. The highest BCUT2D eigenvalue weighted by Gasteiger charge is 2.44. The third kappa shape index (κ3) is 5.38. The molecule has 0 saturated heterocycles. The van der Waals surface area contributed by atoms with E-state index in [-0.39, 0.29) is 34.5 Å². The van der Waals surface area contributed by atoms with Crippen LogP contribution in [-0.2, 0) is 26.7 Å². The number of nitrogens with zero attached hydrogens (tertiary/aromatic N) is 1. The van der Waals surface area contributed by atoms with Crippen molar-refractivity contribution in [2.75, 3.05) is 24.6 Å². The first-order chi connectivity index (χ1) is 19.6. The number of amides is 1. The summed E-state index contributed by atoms with van der Waals surface area (Å²) in [6.45, 7) is 5.37. The van der Waals surface area contributed by atoms with Crippen molar-refractivity contribution in [2.45, 2.75) is 75.9 Å². The molecule has 41 heavy (non-hydrogen) atoms. The van der Waals surface area contributed by atoms with Crippen LogP contribution in [-0.4, -0.2) is 45.1 Å². The van der Waals surface area contributed by atoms with Gasteiger partial charge >= 0.3 is 0 Å². The Hall–Kier alpha value is -2.58. The van der Waals surface area contributed by atoms with Gasteiger partial charge in [0.05, 0.1) is 17.5 Å². The van der Waals surface area contributed by atoms with Crippen LogP contribution in [0, 0.1) is 17.8 Å². The lowest BCUT2D eigenvalue weighted by atomic mass is 9.68. The summed E-state index contributed by atoms with van der Waals surface area (Å²) in [7, 11) is -3.90. The number of hydrogen-bond donors (Lipinski definition) is 1. The van der Waals surface area contributed by atoms with E-state index in [0.29, 0.717) is 44.7 Å². The van der Waals surface area contributed by atoms with Gasteiger partial charge in [0.25, 0.3) is 5.91 Å². The van der Waals surface area contributed by atoms with Gasteiger partial charge in [0, 0.05) is 41.4 Å². The number of rotatable bonds is 0. The number of ketones is 1. The minimum Gasteiger partial charge on any atom is -0.490 e. The summed E-state index contributed by atoms with van der Waals surface area (Å²) >= 11 is 6.37. The Balaban J connectivity index is 1.41. The molecular weight excluding hydrogens is 560 g/mol. The van der Waals surface area contributed by atoms with E-state index in [1.54, 1.807) is 25.1 Å². The van der Waals surface area contributed by atoms with E-state index in [2.05, 4.69) is 21.8 Å². The lowest BCUT2D eigenvalue weighted by Crippen LogP contribution is -2.49. The standard InChI is InChI=1S/C32H39ClN2O5S/c1-20-5-3-7-29(36)26-11-8-24(26)17-35-18-32(14-4-6-22-15-25(33)10-12-27(22)32)19-40-30-13-9-23(16-28(30)35)31(37)34-41(38,39)21(20)2/h9-10,12-13,15-16,20-21,24,26H,3-8,11,14,17-19H2,1-2H3,(H,34,37)/t20-,21+,24-,26+,32-/m0/s1. The predicted octanol–water partition coefficient (Wildman–Crippen LogP) is 5.68. The highest BCUT2D eigenvalue weighted by Crippen LogP contribution is 2.46. The molecule has 1 N–H and O–H groups in total. The highest BCUT2D eigenvalue weighted by atomic mass is 35.5. The summed E-state index contributed by atoms with van der Waals surface area (Å²) in [4.78, 5) is 28.9. The molecule has 2 aromatic rings. The summed E-state index contributed by atoms with van der Waals surface area (Å²) in [5.74, 6) is 0.406. The summed E-state index contributed by atoms with van der Waals surface area (Å²) in [6, 6.07) is 11.3. The topological polar surface area (TPSA) is 92.8 Å². The number of halogens is 1. The van der Waals surface area contributed by atoms with Gasteiger partial charge in [-0.05, 0) is 105 Å². The number of hydrogen-bond acceptors (Lipinski definition) is 6. The summed E-state index contributed by atoms with van der Waals surface area (Å²) in [5, 5.41) is -0.0277. The lowest BCUT2D eigenvalue weighted by molar-refractivity contribution is -0.127. The molecule has 1 spiro atoms. The number of anilines is 1. The molecule has 0 unspecified atom stereocenters. The van der Waals surface area contributed by atoms with Gasteiger partial charge in [0.1, 0.15) is 11.5 Å². The first-order valence-corrected chi connectivity index (χ1v) is 16.9. The van der Waals surface area contributed by atoms with Crippen molar-refractivity contribution in [1.29, 1.82) is 0 Å². The van der Waals surface area contributed by atoms with E-state index < -0.39 is 21.2 Å². The molecule has 220 valence electrons. The smallest absolute Gasteiger partial charge is 0.264 e. The molecule has 1 amide bonds. The zero-order valence-corrected chi connectivity index (χ0v) is 25.4. The lowest BCUT2D eigenvalue weighted by Gasteiger charge is -2.44. The molecule has 4 aliphatic rings. The summed E-state index contributed by atoms with van der Waals surface area (Å²) in [6.07, 6.45) is 6.58. The number of Topliss-reactive ketones (excluding diaryl/α,β-unsaturated/α-hetero) is 1. The van der Waals surface area contributed by atoms with E-state index in [1.165, 1.54) is 11.1 Å². The van der Waals surface area contributed by atoms with Crippen molar-refractivity contribution in [3.63, 3.8) is 0 Å². The number of nitrogens with one attached hydrogen (secondary N) is 1. The van der Waals surface area contributed by atoms with Crippen LogP contribution in [0.15, 0.2) is 36.4 Å². The van der Waals surface area contributed by atoms with Gasteiger partial charge in [-0.15, -0.1) is 0 Å². The first-order valence-electron chi connectivity index (χ1n) is 15.0. The summed E-state index contributed by atoms with van der Waals surface area (Å²) in [5.41, 5.74) is 3.29. The Bertz CT molecular complexity index is 1480. The van der Waals surface area contributed by atoms with Crippen LogP contribution < -0.4 is 14.4 Å². The van der Waals surface area contributed by atoms with Crippen LogP contribution in [0.1, 0.15) is 80.3 Å². The van der Waals surface area contributed by atoms with Crippen LogP contribution in [0.25, 0.3) is 0 Å². The molecule has 1 saturated carbocycles. The first kappa shape index (κ1) is 28.5. The monoisotopic (exact) mass is 598 g/mol. The largest absolute Gasteiger partial charge is 0.490 e. The zero-order chi connectivity index (χ0) is 28.9. The maximum absolute atomic E-state index is 13.3. The van der Waals surface area contributed by atoms with E-state index in [0.717, 1.165) is 42.8 Å². The van der Waals surface area contributed by atoms with Crippen LogP contribution in [0.5, 0.6) is 5.75 Å². The number of carbonyl (C=O) groups is 2. The number of benzene rings is 2. The van der Waals surface area contributed by atoms with Gasteiger partial charge in [-0.2, -0.15) is 0 Å². The molecule has 2 bridgehead atoms. The van der Waals surface area contributed by atoms with Gasteiger partial charge in [0.15, 0.2) is 0 Å². The van der Waals surface area contributed by atoms with E-state index in [4.69, 9.17) is 16.3 Å². The molecule has 2 aliphatic carbocycles. The number of ether oxygens (including phenoxy) is 1. The van der Waals surface area contributed by atoms with Crippen molar-refractivity contribution in [2.24, 2.45) is 17.8 Å². The van der Waals surface area contributed by atoms with Gasteiger partial charge in [-0.25, -0.2) is 13.1 Å². The minimum absolute atomic E-state index is 0.0202. The molecule has 2 aliphatic heterocycles. The zero-order valence-electron chi connectivity index (χ0n) is 23.8. The summed E-state index contributed by atoms with van der Waals surface area (Å²) < 4.78 is 35.1. The van der Waals surface area contributed by atoms with E-state index in [1.807, 2.05) is 13.0 Å². The Morgan fingerprint density at radius 2 is 1.85 bits per heavy atom. The van der Waals surface area contributed by atoms with E-state index in [9.17, 15) is 18.0 Å². The molecule has 6 rings (SSSR count). The highest BCUT2D eigenvalue weighted by molar-refractivity contribution is 7.90. The average molecular weight is 599 g/mol. The average Bonchev–Trinajstić information content (AvgIpc) is 3.06. The van der Waals surface area contributed by atoms with Crippen molar-refractivity contribution in [1.82, 2.24) is 4.72 Å². The van der Waals surface area contributed by atoms with Crippen molar-refractivity contribution >= 4 is 39.0 Å². The Labute approximate surface area is 248 Å². The SMILES string of the molecule is C[C@@H]1[C@@H](C)CCCC(=O)[C@@H]2CC[C@H]2CN2C[C@@]3(CCCc4cc(Cl)ccc43)COc3ccc(cc32)C(=O)NS1(=O)=O. The third-order valence-electron chi connectivity index (χ3n) is 10.2. The second kappa shape index (κ2) is 10.9. The Kier molecular flexibility index (Phi) is 7.60. The second-order valence-electron chi connectivity index (χ2n) is 12.7. The molecule has 7 nitrogen and oxygen atoms in total. The van der Waals surface area contributed by atoms with Crippen LogP contribution in [0.2, 0.25) is 5.02 Å². The molecule has 0 radical (unpaired) electrons. The van der Waals surface area contributed by atoms with Gasteiger partial charge < -0.3 is 9.64 Å². The van der Waals surface area contributed by atoms with Crippen molar-refractivity contribution in [3.8, 4) is 5.75 Å². The fraction of sp³-hybridized carbons (Fsp3) is 0.562. The fourth-order valence-corrected chi connectivity index (χ4v) is 8.86. The molecule has 0 aromatic heterocycles. The predicted molar refractivity (Wildman–Crippen MR) is 160 cm³/mol. The maximum Gasteiger partial charge on any atom is 0.264 e. The van der Waals surface area contributed by atoms with Gasteiger partial charge in [0.2, 0.25) is 10.0 Å². The molecule has 2 aromatic carbocycles. The number of fused-ring (bicyclic) bond motifs is 4. The number of sulfonamides is 1. The van der Waals surface area contributed by atoms with Crippen molar-refractivity contribution in [3.05, 3.63) is 58.1 Å². The molecular formula is C32H39ClN2O5S. The fourth-order valence-electron chi connectivity index (χ4n) is 7.36. The number of aryl methyl sites for hydroxylation is 1. The van der Waals surface area contributed by atoms with Gasteiger partial charge in [-0.3, -0.25) is 9.59 Å². The third-order valence-corrected chi connectivity index (χ3v) is 12.3. The molecule has 5 atom stereocenters. The normalized spacial score (nSPS) is 31.6. The van der Waals surface area contributed by atoms with Crippen LogP contribution in [0.4, 0.5) is 5.69 Å². The maximum atomic E-state index is 13.3. The molecule has 2 heterocycles. The second-order valence-corrected chi connectivity index (χ2v) is 15.2. The number of carbonyl (C=O) groups excluding carboxylic acids is 2. The molecule has 9 heteroatoms. The quantitative estimate of drug-likeness (QED) is 0.420. The van der Waals surface area contributed by atoms with Crippen molar-refractivity contribution < 1.29 is 22.7 Å². The van der Waals surface area contributed by atoms with E-state index >= 15 is 0 Å². The minimum atomic E-state index is -3.90. The van der Waals surface area contributed by atoms with Crippen LogP contribution in [0.3, 0.4) is 0 Å².